The van der Waals surface area contributed by atoms with E-state index in [0.717, 1.165) is 12.3 Å². The van der Waals surface area contributed by atoms with E-state index in [1.165, 1.54) is 24.3 Å². The summed E-state index contributed by atoms with van der Waals surface area (Å²) in [7, 11) is -3.38. The van der Waals surface area contributed by atoms with Gasteiger partial charge in [0.25, 0.3) is 5.91 Å². The van der Waals surface area contributed by atoms with Crippen molar-refractivity contribution in [2.24, 2.45) is 0 Å². The highest BCUT2D eigenvalue weighted by atomic mass is 32.2. The van der Waals surface area contributed by atoms with Crippen LogP contribution in [0.1, 0.15) is 16.1 Å². The third kappa shape index (κ3) is 3.63. The molecule has 0 spiro atoms. The molecular weight excluding hydrogens is 295 g/mol. The molecule has 1 N–H and O–H groups in total. The third-order valence-electron chi connectivity index (χ3n) is 2.83. The first-order chi connectivity index (χ1) is 9.77. The van der Waals surface area contributed by atoms with Gasteiger partial charge in [-0.1, -0.05) is 12.1 Å². The highest BCUT2D eigenvalue weighted by Gasteiger charge is 2.13. The van der Waals surface area contributed by atoms with Gasteiger partial charge in [0.1, 0.15) is 5.69 Å². The molecule has 0 bridgehead atoms. The topological polar surface area (TPSA) is 76.1 Å². The lowest BCUT2D eigenvalue weighted by atomic mass is 10.2. The lowest BCUT2D eigenvalue weighted by Crippen LogP contribution is -2.15. The number of anilines is 1. The van der Waals surface area contributed by atoms with E-state index in [4.69, 9.17) is 0 Å². The second-order valence-corrected chi connectivity index (χ2v) is 6.56. The lowest BCUT2D eigenvalue weighted by molar-refractivity contribution is 0.102. The molecule has 1 heterocycles. The minimum absolute atomic E-state index is 0.0841. The number of halogens is 1. The third-order valence-corrected chi connectivity index (χ3v) is 3.94. The number of rotatable bonds is 3. The maximum absolute atomic E-state index is 13.0. The number of carbonyl (C=O) groups is 1. The van der Waals surface area contributed by atoms with Crippen LogP contribution in [0.25, 0.3) is 0 Å². The van der Waals surface area contributed by atoms with Gasteiger partial charge in [0.2, 0.25) is 5.95 Å². The Bertz CT molecular complexity index is 804. The van der Waals surface area contributed by atoms with Crippen LogP contribution in [0.2, 0.25) is 0 Å². The zero-order valence-corrected chi connectivity index (χ0v) is 12.2. The molecule has 0 aliphatic carbocycles. The molecule has 0 radical (unpaired) electrons. The monoisotopic (exact) mass is 308 g/mol. The SMILES string of the molecule is Cc1ccc(S(C)(=O)=O)cc1NC(=O)c1cccc(F)n1. The van der Waals surface area contributed by atoms with Crippen molar-refractivity contribution < 1.29 is 17.6 Å². The van der Waals surface area contributed by atoms with Gasteiger partial charge in [0, 0.05) is 11.9 Å². The predicted octanol–water partition coefficient (Wildman–Crippen LogP) is 2.18. The average Bonchev–Trinajstić information content (AvgIpc) is 2.40. The van der Waals surface area contributed by atoms with Crippen LogP contribution in [0.4, 0.5) is 10.1 Å². The predicted molar refractivity (Wildman–Crippen MR) is 76.4 cm³/mol. The van der Waals surface area contributed by atoms with Crippen LogP contribution in [-0.4, -0.2) is 25.6 Å². The number of pyridine rings is 1. The maximum atomic E-state index is 13.0. The van der Waals surface area contributed by atoms with Crippen LogP contribution < -0.4 is 5.32 Å². The summed E-state index contributed by atoms with van der Waals surface area (Å²) in [5.74, 6) is -1.37. The fraction of sp³-hybridized carbons (Fsp3) is 0.143. The highest BCUT2D eigenvalue weighted by molar-refractivity contribution is 7.90. The second kappa shape index (κ2) is 5.61. The van der Waals surface area contributed by atoms with Crippen molar-refractivity contribution in [2.45, 2.75) is 11.8 Å². The van der Waals surface area contributed by atoms with Crippen molar-refractivity contribution in [2.75, 3.05) is 11.6 Å². The van der Waals surface area contributed by atoms with Gasteiger partial charge in [-0.3, -0.25) is 4.79 Å². The summed E-state index contributed by atoms with van der Waals surface area (Å²) in [6, 6.07) is 8.28. The Labute approximate surface area is 121 Å². The summed E-state index contributed by atoms with van der Waals surface area (Å²) in [5.41, 5.74) is 0.945. The van der Waals surface area contributed by atoms with Crippen LogP contribution in [0.15, 0.2) is 41.3 Å². The minimum Gasteiger partial charge on any atom is -0.320 e. The van der Waals surface area contributed by atoms with E-state index in [9.17, 15) is 17.6 Å². The first-order valence-electron chi connectivity index (χ1n) is 6.02. The summed E-state index contributed by atoms with van der Waals surface area (Å²) in [6.45, 7) is 1.72. The van der Waals surface area contributed by atoms with Crippen LogP contribution in [-0.2, 0) is 9.84 Å². The fourth-order valence-corrected chi connectivity index (χ4v) is 2.33. The van der Waals surface area contributed by atoms with Gasteiger partial charge >= 0.3 is 0 Å². The van der Waals surface area contributed by atoms with E-state index in [-0.39, 0.29) is 10.6 Å². The first-order valence-corrected chi connectivity index (χ1v) is 7.91. The molecule has 5 nitrogen and oxygen atoms in total. The summed E-state index contributed by atoms with van der Waals surface area (Å²) in [5, 5.41) is 2.53. The molecule has 0 unspecified atom stereocenters. The Morgan fingerprint density at radius 2 is 1.95 bits per heavy atom. The molecule has 0 fully saturated rings. The Balaban J connectivity index is 2.33. The Kier molecular flexibility index (Phi) is 4.04. The van der Waals surface area contributed by atoms with E-state index in [1.807, 2.05) is 0 Å². The Morgan fingerprint density at radius 3 is 2.57 bits per heavy atom. The molecule has 0 saturated carbocycles. The quantitative estimate of drug-likeness (QED) is 0.882. The van der Waals surface area contributed by atoms with E-state index < -0.39 is 21.7 Å². The van der Waals surface area contributed by atoms with Crippen molar-refractivity contribution >= 4 is 21.4 Å². The Morgan fingerprint density at radius 1 is 1.24 bits per heavy atom. The lowest BCUT2D eigenvalue weighted by Gasteiger charge is -2.09. The van der Waals surface area contributed by atoms with Crippen molar-refractivity contribution in [1.29, 1.82) is 0 Å². The normalized spacial score (nSPS) is 11.2. The number of aryl methyl sites for hydroxylation is 1. The molecule has 1 aromatic heterocycles. The second-order valence-electron chi connectivity index (χ2n) is 4.55. The molecule has 1 amide bonds. The van der Waals surface area contributed by atoms with Crippen molar-refractivity contribution in [3.63, 3.8) is 0 Å². The van der Waals surface area contributed by atoms with Crippen LogP contribution in [0.3, 0.4) is 0 Å². The molecule has 7 heteroatoms. The van der Waals surface area contributed by atoms with Gasteiger partial charge < -0.3 is 5.32 Å². The number of amides is 1. The standard InChI is InChI=1S/C14H13FN2O3S/c1-9-6-7-10(21(2,19)20)8-12(9)17-14(18)11-4-3-5-13(15)16-11/h3-8H,1-2H3,(H,17,18). The summed E-state index contributed by atoms with van der Waals surface area (Å²) in [4.78, 5) is 15.6. The Hall–Kier alpha value is -2.28. The minimum atomic E-state index is -3.38. The molecule has 0 atom stereocenters. The van der Waals surface area contributed by atoms with Crippen LogP contribution >= 0.6 is 0 Å². The molecular formula is C14H13FN2O3S. The molecule has 2 aromatic rings. The fourth-order valence-electron chi connectivity index (χ4n) is 1.69. The zero-order valence-electron chi connectivity index (χ0n) is 11.4. The smallest absolute Gasteiger partial charge is 0.274 e. The number of aromatic nitrogens is 1. The number of carbonyl (C=O) groups excluding carboxylic acids is 1. The van der Waals surface area contributed by atoms with Gasteiger partial charge in [0.05, 0.1) is 4.90 Å². The summed E-state index contributed by atoms with van der Waals surface area (Å²) >= 11 is 0. The number of benzene rings is 1. The van der Waals surface area contributed by atoms with E-state index in [2.05, 4.69) is 10.3 Å². The van der Waals surface area contributed by atoms with Crippen LogP contribution in [0.5, 0.6) is 0 Å². The van der Waals surface area contributed by atoms with Gasteiger partial charge in [0.15, 0.2) is 9.84 Å². The van der Waals surface area contributed by atoms with E-state index in [1.54, 1.807) is 13.0 Å². The van der Waals surface area contributed by atoms with E-state index in [0.29, 0.717) is 11.3 Å². The summed E-state index contributed by atoms with van der Waals surface area (Å²) in [6.07, 6.45) is 1.08. The molecule has 0 aliphatic rings. The van der Waals surface area contributed by atoms with Gasteiger partial charge in [-0.2, -0.15) is 4.39 Å². The molecule has 110 valence electrons. The largest absolute Gasteiger partial charge is 0.320 e. The molecule has 21 heavy (non-hydrogen) atoms. The van der Waals surface area contributed by atoms with Crippen molar-refractivity contribution in [3.05, 3.63) is 53.6 Å². The molecule has 0 aliphatic heterocycles. The first kappa shape index (κ1) is 15.1. The summed E-state index contributed by atoms with van der Waals surface area (Å²) < 4.78 is 36.0. The van der Waals surface area contributed by atoms with E-state index >= 15 is 0 Å². The average molecular weight is 308 g/mol. The van der Waals surface area contributed by atoms with Crippen molar-refractivity contribution in [1.82, 2.24) is 4.98 Å². The van der Waals surface area contributed by atoms with Gasteiger partial charge in [-0.05, 0) is 36.8 Å². The number of nitrogens with zero attached hydrogens (tertiary/aromatic N) is 1. The molecule has 0 saturated heterocycles. The molecule has 2 rings (SSSR count). The van der Waals surface area contributed by atoms with Gasteiger partial charge in [-0.25, -0.2) is 13.4 Å². The number of hydrogen-bond donors (Lipinski definition) is 1. The van der Waals surface area contributed by atoms with Gasteiger partial charge in [-0.15, -0.1) is 0 Å². The number of sulfone groups is 1. The zero-order chi connectivity index (χ0) is 15.6. The number of nitrogens with one attached hydrogen (secondary N) is 1. The maximum Gasteiger partial charge on any atom is 0.274 e. The van der Waals surface area contributed by atoms with Crippen LogP contribution in [0, 0.1) is 12.9 Å². The molecule has 1 aromatic carbocycles. The van der Waals surface area contributed by atoms with Crippen molar-refractivity contribution in [3.8, 4) is 0 Å². The highest BCUT2D eigenvalue weighted by Crippen LogP contribution is 2.20. The number of hydrogen-bond acceptors (Lipinski definition) is 4.